The fourth-order valence-electron chi connectivity index (χ4n) is 2.86. The number of hydrogen-bond donors (Lipinski definition) is 1. The van der Waals surface area contributed by atoms with Crippen molar-refractivity contribution in [3.63, 3.8) is 0 Å². The van der Waals surface area contributed by atoms with Crippen molar-refractivity contribution in [1.82, 2.24) is 20.1 Å². The van der Waals surface area contributed by atoms with E-state index >= 15 is 0 Å². The minimum absolute atomic E-state index is 0.316. The number of nitrogens with one attached hydrogen (secondary N) is 1. The van der Waals surface area contributed by atoms with Crippen LogP contribution in [0.4, 0.5) is 0 Å². The van der Waals surface area contributed by atoms with Gasteiger partial charge >= 0.3 is 5.97 Å². The van der Waals surface area contributed by atoms with E-state index in [-0.39, 0.29) is 5.97 Å². The van der Waals surface area contributed by atoms with Crippen LogP contribution < -0.4 is 0 Å². The molecule has 2 aromatic rings. The Kier molecular flexibility index (Phi) is 4.66. The van der Waals surface area contributed by atoms with Crippen LogP contribution in [0.25, 0.3) is 11.4 Å². The molecule has 128 valence electrons. The summed E-state index contributed by atoms with van der Waals surface area (Å²) < 4.78 is 4.90. The standard InChI is InChI=1S/C18H24N4O2/c1-11-9-14(12-5-6-12)15(10-13(11)18(23)24-4)17-19-16(20-21-17)7-8-22(2)3/h9-10,12H,5-8H2,1-4H3,(H,19,20,21). The van der Waals surface area contributed by atoms with Gasteiger partial charge in [0.15, 0.2) is 5.82 Å². The van der Waals surface area contributed by atoms with Crippen molar-refractivity contribution in [3.8, 4) is 11.4 Å². The Morgan fingerprint density at radius 2 is 2.08 bits per heavy atom. The van der Waals surface area contributed by atoms with E-state index in [1.807, 2.05) is 27.1 Å². The van der Waals surface area contributed by atoms with Crippen molar-refractivity contribution in [2.45, 2.75) is 32.1 Å². The van der Waals surface area contributed by atoms with Gasteiger partial charge in [-0.25, -0.2) is 4.79 Å². The Labute approximate surface area is 142 Å². The van der Waals surface area contributed by atoms with Gasteiger partial charge in [-0.1, -0.05) is 6.07 Å². The number of esters is 1. The van der Waals surface area contributed by atoms with Crippen LogP contribution in [0.1, 0.15) is 46.1 Å². The van der Waals surface area contributed by atoms with E-state index in [1.54, 1.807) is 0 Å². The maximum Gasteiger partial charge on any atom is 0.338 e. The lowest BCUT2D eigenvalue weighted by Crippen LogP contribution is -2.15. The average Bonchev–Trinajstić information content (AvgIpc) is 3.30. The predicted octanol–water partition coefficient (Wildman–Crippen LogP) is 2.55. The van der Waals surface area contributed by atoms with Crippen molar-refractivity contribution < 1.29 is 9.53 Å². The first-order valence-corrected chi connectivity index (χ1v) is 8.29. The van der Waals surface area contributed by atoms with Gasteiger partial charge in [0.25, 0.3) is 0 Å². The number of ether oxygens (including phenoxy) is 1. The molecule has 1 aliphatic rings. The van der Waals surface area contributed by atoms with Crippen LogP contribution in [0.3, 0.4) is 0 Å². The second kappa shape index (κ2) is 6.73. The summed E-state index contributed by atoms with van der Waals surface area (Å²) in [5, 5.41) is 8.57. The number of likely N-dealkylation sites (N-methyl/N-ethyl adjacent to an activating group) is 1. The molecule has 0 amide bonds. The van der Waals surface area contributed by atoms with Gasteiger partial charge in [0, 0.05) is 18.5 Å². The van der Waals surface area contributed by atoms with Crippen LogP contribution in [-0.2, 0) is 11.2 Å². The molecule has 0 spiro atoms. The largest absolute Gasteiger partial charge is 0.465 e. The molecule has 1 heterocycles. The van der Waals surface area contributed by atoms with Crippen LogP contribution in [0.2, 0.25) is 0 Å². The quantitative estimate of drug-likeness (QED) is 0.825. The molecule has 0 radical (unpaired) electrons. The lowest BCUT2D eigenvalue weighted by atomic mass is 9.95. The van der Waals surface area contributed by atoms with Crippen LogP contribution in [0, 0.1) is 6.92 Å². The second-order valence-corrected chi connectivity index (χ2v) is 6.69. The molecule has 6 heteroatoms. The van der Waals surface area contributed by atoms with Crippen molar-refractivity contribution >= 4 is 5.97 Å². The first-order chi connectivity index (χ1) is 11.5. The molecule has 0 aliphatic heterocycles. The van der Waals surface area contributed by atoms with E-state index in [2.05, 4.69) is 26.1 Å². The molecule has 1 saturated carbocycles. The second-order valence-electron chi connectivity index (χ2n) is 6.69. The fourth-order valence-corrected chi connectivity index (χ4v) is 2.86. The summed E-state index contributed by atoms with van der Waals surface area (Å²) in [7, 11) is 5.47. The first-order valence-electron chi connectivity index (χ1n) is 8.29. The van der Waals surface area contributed by atoms with E-state index in [9.17, 15) is 4.79 Å². The van der Waals surface area contributed by atoms with Gasteiger partial charge in [-0.05, 0) is 57.0 Å². The summed E-state index contributed by atoms with van der Waals surface area (Å²) >= 11 is 0. The smallest absolute Gasteiger partial charge is 0.338 e. The number of aromatic nitrogens is 3. The maximum absolute atomic E-state index is 12.0. The van der Waals surface area contributed by atoms with Crippen LogP contribution in [-0.4, -0.2) is 53.8 Å². The topological polar surface area (TPSA) is 71.1 Å². The van der Waals surface area contributed by atoms with E-state index in [4.69, 9.17) is 4.74 Å². The third-order valence-electron chi connectivity index (χ3n) is 4.40. The number of benzene rings is 1. The predicted molar refractivity (Wildman–Crippen MR) is 92.1 cm³/mol. The number of methoxy groups -OCH3 is 1. The van der Waals surface area contributed by atoms with E-state index in [1.165, 1.54) is 25.5 Å². The number of carbonyl (C=O) groups is 1. The third-order valence-corrected chi connectivity index (χ3v) is 4.40. The van der Waals surface area contributed by atoms with Gasteiger partial charge in [0.05, 0.1) is 12.7 Å². The zero-order valence-electron chi connectivity index (χ0n) is 14.7. The molecule has 0 bridgehead atoms. The van der Waals surface area contributed by atoms with E-state index in [0.717, 1.165) is 35.7 Å². The number of rotatable bonds is 6. The van der Waals surface area contributed by atoms with Crippen LogP contribution >= 0.6 is 0 Å². The maximum atomic E-state index is 12.0. The molecule has 1 N–H and O–H groups in total. The van der Waals surface area contributed by atoms with Crippen LogP contribution in [0.15, 0.2) is 12.1 Å². The van der Waals surface area contributed by atoms with Gasteiger partial charge in [-0.15, -0.1) is 10.2 Å². The number of aryl methyl sites for hydroxylation is 1. The fraction of sp³-hybridized carbons (Fsp3) is 0.500. The summed E-state index contributed by atoms with van der Waals surface area (Å²) in [5.74, 6) is 1.83. The van der Waals surface area contributed by atoms with Crippen molar-refractivity contribution in [2.24, 2.45) is 0 Å². The Morgan fingerprint density at radius 1 is 1.33 bits per heavy atom. The van der Waals surface area contributed by atoms with E-state index < -0.39 is 0 Å². The number of H-pyrrole nitrogens is 1. The highest BCUT2D eigenvalue weighted by molar-refractivity contribution is 5.92. The Bertz CT molecular complexity index is 747. The number of hydrogen-bond acceptors (Lipinski definition) is 5. The number of aromatic amines is 1. The Morgan fingerprint density at radius 3 is 2.71 bits per heavy atom. The van der Waals surface area contributed by atoms with Crippen molar-refractivity contribution in [3.05, 3.63) is 34.6 Å². The summed E-state index contributed by atoms with van der Waals surface area (Å²) in [5.41, 5.74) is 3.74. The molecule has 0 atom stereocenters. The summed E-state index contributed by atoms with van der Waals surface area (Å²) in [6.45, 7) is 2.86. The molecule has 24 heavy (non-hydrogen) atoms. The average molecular weight is 328 g/mol. The molecule has 3 rings (SSSR count). The molecular weight excluding hydrogens is 304 g/mol. The molecule has 0 saturated heterocycles. The number of carbonyl (C=O) groups excluding carboxylic acids is 1. The van der Waals surface area contributed by atoms with Gasteiger partial charge in [0.1, 0.15) is 5.82 Å². The molecule has 1 aromatic heterocycles. The lowest BCUT2D eigenvalue weighted by molar-refractivity contribution is 0.0600. The molecule has 0 unspecified atom stereocenters. The lowest BCUT2D eigenvalue weighted by Gasteiger charge is -2.11. The minimum atomic E-state index is -0.316. The van der Waals surface area contributed by atoms with E-state index in [0.29, 0.717) is 11.5 Å². The van der Waals surface area contributed by atoms with Crippen molar-refractivity contribution in [1.29, 1.82) is 0 Å². The Balaban J connectivity index is 1.97. The zero-order valence-corrected chi connectivity index (χ0v) is 14.7. The monoisotopic (exact) mass is 328 g/mol. The normalized spacial score (nSPS) is 14.2. The molecular formula is C18H24N4O2. The highest BCUT2D eigenvalue weighted by Crippen LogP contribution is 2.44. The molecule has 1 fully saturated rings. The third kappa shape index (κ3) is 3.48. The molecule has 1 aromatic carbocycles. The summed E-state index contributed by atoms with van der Waals surface area (Å²) in [6.07, 6.45) is 3.19. The summed E-state index contributed by atoms with van der Waals surface area (Å²) in [6, 6.07) is 3.99. The van der Waals surface area contributed by atoms with Gasteiger partial charge in [-0.3, -0.25) is 0 Å². The van der Waals surface area contributed by atoms with Gasteiger partial charge < -0.3 is 14.6 Å². The molecule has 1 aliphatic carbocycles. The Hall–Kier alpha value is -2.21. The van der Waals surface area contributed by atoms with Gasteiger partial charge in [-0.2, -0.15) is 0 Å². The van der Waals surface area contributed by atoms with Gasteiger partial charge in [0.2, 0.25) is 0 Å². The molecule has 6 nitrogen and oxygen atoms in total. The minimum Gasteiger partial charge on any atom is -0.465 e. The highest BCUT2D eigenvalue weighted by atomic mass is 16.5. The number of nitrogens with zero attached hydrogens (tertiary/aromatic N) is 3. The first kappa shape index (κ1) is 16.6. The van der Waals surface area contributed by atoms with Crippen molar-refractivity contribution in [2.75, 3.05) is 27.7 Å². The zero-order chi connectivity index (χ0) is 17.3. The van der Waals surface area contributed by atoms with Crippen LogP contribution in [0.5, 0.6) is 0 Å². The SMILES string of the molecule is COC(=O)c1cc(-c2nnc(CCN(C)C)[nH]2)c(C2CC2)cc1C. The summed E-state index contributed by atoms with van der Waals surface area (Å²) in [4.78, 5) is 17.4. The highest BCUT2D eigenvalue weighted by Gasteiger charge is 2.29.